The number of benzene rings is 1. The van der Waals surface area contributed by atoms with E-state index in [9.17, 15) is 4.79 Å². The van der Waals surface area contributed by atoms with Gasteiger partial charge in [-0.2, -0.15) is 0 Å². The van der Waals surface area contributed by atoms with Gasteiger partial charge in [-0.3, -0.25) is 9.69 Å². The second-order valence-corrected chi connectivity index (χ2v) is 6.33. The van der Waals surface area contributed by atoms with E-state index in [1.165, 1.54) is 6.42 Å². The Labute approximate surface area is 131 Å². The van der Waals surface area contributed by atoms with Crippen molar-refractivity contribution in [1.29, 1.82) is 0 Å². The van der Waals surface area contributed by atoms with Gasteiger partial charge in [-0.25, -0.2) is 0 Å². The minimum atomic E-state index is 0.00505. The number of rotatable bonds is 5. The van der Waals surface area contributed by atoms with E-state index in [-0.39, 0.29) is 5.91 Å². The molecule has 1 fully saturated rings. The zero-order valence-corrected chi connectivity index (χ0v) is 13.5. The monoisotopic (exact) mass is 305 g/mol. The van der Waals surface area contributed by atoms with Gasteiger partial charge in [0.25, 0.3) is 0 Å². The van der Waals surface area contributed by atoms with Crippen LogP contribution in [0.5, 0.6) is 0 Å². The Bertz CT molecular complexity index is 532. The molecule has 1 aliphatic heterocycles. The number of thiocarbonyl (C=S) groups is 1. The zero-order valence-electron chi connectivity index (χ0n) is 12.6. The molecule has 1 amide bonds. The number of hydrogen-bond acceptors (Lipinski definition) is 3. The van der Waals surface area contributed by atoms with Crippen LogP contribution in [0, 0.1) is 5.92 Å². The largest absolute Gasteiger partial charge is 0.389 e. The first-order valence-corrected chi connectivity index (χ1v) is 7.81. The number of amides is 1. The van der Waals surface area contributed by atoms with Crippen LogP contribution in [0.1, 0.15) is 32.3 Å². The van der Waals surface area contributed by atoms with E-state index in [4.69, 9.17) is 18.0 Å². The minimum absolute atomic E-state index is 0.00505. The Hall–Kier alpha value is -1.46. The third kappa shape index (κ3) is 4.25. The first kappa shape index (κ1) is 15.9. The van der Waals surface area contributed by atoms with Crippen molar-refractivity contribution in [2.45, 2.75) is 32.7 Å². The van der Waals surface area contributed by atoms with Gasteiger partial charge < -0.3 is 11.1 Å². The Balaban J connectivity index is 1.89. The summed E-state index contributed by atoms with van der Waals surface area (Å²) in [4.78, 5) is 14.8. The molecule has 0 aliphatic carbocycles. The highest BCUT2D eigenvalue weighted by Gasteiger charge is 2.25. The molecule has 2 atom stereocenters. The molecule has 0 spiro atoms. The predicted octanol–water partition coefficient (Wildman–Crippen LogP) is 2.38. The van der Waals surface area contributed by atoms with Crippen LogP contribution in [0.3, 0.4) is 0 Å². The fourth-order valence-electron chi connectivity index (χ4n) is 2.96. The molecule has 2 unspecified atom stereocenters. The molecule has 3 N–H and O–H groups in total. The predicted molar refractivity (Wildman–Crippen MR) is 90.4 cm³/mol. The minimum Gasteiger partial charge on any atom is -0.389 e. The summed E-state index contributed by atoms with van der Waals surface area (Å²) in [5.41, 5.74) is 7.07. The van der Waals surface area contributed by atoms with Crippen LogP contribution < -0.4 is 11.1 Å². The molecule has 5 heteroatoms. The van der Waals surface area contributed by atoms with E-state index in [0.717, 1.165) is 19.0 Å². The zero-order chi connectivity index (χ0) is 15.4. The molecule has 0 radical (unpaired) electrons. The van der Waals surface area contributed by atoms with Crippen molar-refractivity contribution in [2.75, 3.05) is 18.4 Å². The van der Waals surface area contributed by atoms with Gasteiger partial charge in [-0.05, 0) is 31.4 Å². The average molecular weight is 305 g/mol. The average Bonchev–Trinajstić information content (AvgIpc) is 2.75. The number of nitrogens with zero attached hydrogens (tertiary/aromatic N) is 1. The Morgan fingerprint density at radius 2 is 2.14 bits per heavy atom. The molecule has 2 rings (SSSR count). The summed E-state index contributed by atoms with van der Waals surface area (Å²) in [6, 6.07) is 7.94. The van der Waals surface area contributed by atoms with Gasteiger partial charge in [-0.15, -0.1) is 0 Å². The summed E-state index contributed by atoms with van der Waals surface area (Å²) in [6.45, 7) is 6.36. The summed E-state index contributed by atoms with van der Waals surface area (Å²) in [7, 11) is 0. The number of carbonyl (C=O) groups is 1. The smallest absolute Gasteiger partial charge is 0.225 e. The van der Waals surface area contributed by atoms with E-state index in [2.05, 4.69) is 24.1 Å². The highest BCUT2D eigenvalue weighted by Crippen LogP contribution is 2.22. The van der Waals surface area contributed by atoms with Gasteiger partial charge in [-0.1, -0.05) is 31.3 Å². The standard InChI is InChI=1S/C16H23N3OS/c1-11-9-12(2)19(10-11)8-7-15(20)18-14-6-4-3-5-13(14)16(17)21/h3-6,11-12H,7-10H2,1-2H3,(H2,17,21)(H,18,20). The van der Waals surface area contributed by atoms with Crippen LogP contribution in [0.15, 0.2) is 24.3 Å². The van der Waals surface area contributed by atoms with Crippen molar-refractivity contribution >= 4 is 28.8 Å². The van der Waals surface area contributed by atoms with Crippen LogP contribution in [-0.2, 0) is 4.79 Å². The topological polar surface area (TPSA) is 58.4 Å². The normalized spacial score (nSPS) is 22.2. The van der Waals surface area contributed by atoms with Gasteiger partial charge in [0.1, 0.15) is 4.99 Å². The molecular formula is C16H23N3OS. The van der Waals surface area contributed by atoms with E-state index in [0.29, 0.717) is 28.7 Å². The van der Waals surface area contributed by atoms with E-state index < -0.39 is 0 Å². The first-order valence-electron chi connectivity index (χ1n) is 7.40. The van der Waals surface area contributed by atoms with Gasteiger partial charge in [0.2, 0.25) is 5.91 Å². The number of hydrogen-bond donors (Lipinski definition) is 2. The first-order chi connectivity index (χ1) is 9.97. The van der Waals surface area contributed by atoms with Crippen LogP contribution in [0.2, 0.25) is 0 Å². The van der Waals surface area contributed by atoms with Crippen molar-refractivity contribution in [3.8, 4) is 0 Å². The molecule has 1 heterocycles. The van der Waals surface area contributed by atoms with Crippen molar-refractivity contribution in [3.63, 3.8) is 0 Å². The maximum Gasteiger partial charge on any atom is 0.225 e. The fourth-order valence-corrected chi connectivity index (χ4v) is 3.14. The quantitative estimate of drug-likeness (QED) is 0.820. The lowest BCUT2D eigenvalue weighted by Crippen LogP contribution is -2.31. The van der Waals surface area contributed by atoms with Crippen LogP contribution >= 0.6 is 12.2 Å². The third-order valence-electron chi connectivity index (χ3n) is 4.01. The molecule has 0 saturated carbocycles. The van der Waals surface area contributed by atoms with E-state index in [1.807, 2.05) is 24.3 Å². The van der Waals surface area contributed by atoms with Crippen LogP contribution in [-0.4, -0.2) is 34.9 Å². The number of anilines is 1. The lowest BCUT2D eigenvalue weighted by molar-refractivity contribution is -0.116. The molecule has 114 valence electrons. The van der Waals surface area contributed by atoms with Gasteiger partial charge >= 0.3 is 0 Å². The van der Waals surface area contributed by atoms with Crippen LogP contribution in [0.4, 0.5) is 5.69 Å². The SMILES string of the molecule is CC1CC(C)N(CCC(=O)Nc2ccccc2C(N)=S)C1. The number of nitrogens with one attached hydrogen (secondary N) is 1. The van der Waals surface area contributed by atoms with Gasteiger partial charge in [0.15, 0.2) is 0 Å². The molecule has 1 aliphatic rings. The van der Waals surface area contributed by atoms with Crippen molar-refractivity contribution in [1.82, 2.24) is 4.90 Å². The summed E-state index contributed by atoms with van der Waals surface area (Å²) in [5.74, 6) is 0.726. The van der Waals surface area contributed by atoms with Crippen LogP contribution in [0.25, 0.3) is 0 Å². The van der Waals surface area contributed by atoms with Gasteiger partial charge in [0.05, 0.1) is 5.69 Å². The third-order valence-corrected chi connectivity index (χ3v) is 4.23. The summed E-state index contributed by atoms with van der Waals surface area (Å²) < 4.78 is 0. The lowest BCUT2D eigenvalue weighted by atomic mass is 10.1. The molecule has 0 bridgehead atoms. The van der Waals surface area contributed by atoms with Crippen molar-refractivity contribution in [3.05, 3.63) is 29.8 Å². The lowest BCUT2D eigenvalue weighted by Gasteiger charge is -2.20. The molecular weight excluding hydrogens is 282 g/mol. The molecule has 4 nitrogen and oxygen atoms in total. The second kappa shape index (κ2) is 7.00. The van der Waals surface area contributed by atoms with Gasteiger partial charge in [0, 0.05) is 31.1 Å². The maximum atomic E-state index is 12.1. The van der Waals surface area contributed by atoms with Crippen molar-refractivity contribution < 1.29 is 4.79 Å². The van der Waals surface area contributed by atoms with Crippen molar-refractivity contribution in [2.24, 2.45) is 11.7 Å². The molecule has 21 heavy (non-hydrogen) atoms. The fraction of sp³-hybridized carbons (Fsp3) is 0.500. The van der Waals surface area contributed by atoms with E-state index >= 15 is 0 Å². The number of para-hydroxylation sites is 1. The number of nitrogens with two attached hydrogens (primary N) is 1. The molecule has 1 aromatic carbocycles. The Morgan fingerprint density at radius 1 is 1.43 bits per heavy atom. The van der Waals surface area contributed by atoms with E-state index in [1.54, 1.807) is 0 Å². The highest BCUT2D eigenvalue weighted by molar-refractivity contribution is 7.80. The number of carbonyl (C=O) groups excluding carboxylic acids is 1. The Morgan fingerprint density at radius 3 is 2.76 bits per heavy atom. The number of likely N-dealkylation sites (tertiary alicyclic amines) is 1. The molecule has 0 aromatic heterocycles. The summed E-state index contributed by atoms with van der Waals surface area (Å²) in [5, 5.41) is 2.91. The summed E-state index contributed by atoms with van der Waals surface area (Å²) >= 11 is 5.00. The summed E-state index contributed by atoms with van der Waals surface area (Å²) in [6.07, 6.45) is 1.70. The second-order valence-electron chi connectivity index (χ2n) is 5.89. The Kier molecular flexibility index (Phi) is 5.31. The maximum absolute atomic E-state index is 12.1. The molecule has 1 saturated heterocycles. The molecule has 1 aromatic rings. The highest BCUT2D eigenvalue weighted by atomic mass is 32.1.